The van der Waals surface area contributed by atoms with Gasteiger partial charge < -0.3 is 23.7 Å². The van der Waals surface area contributed by atoms with E-state index in [4.69, 9.17) is 23.7 Å². The van der Waals surface area contributed by atoms with Crippen LogP contribution >= 0.6 is 11.8 Å². The highest BCUT2D eigenvalue weighted by Gasteiger charge is 2.45. The van der Waals surface area contributed by atoms with Gasteiger partial charge in [-0.1, -0.05) is 29.8 Å². The van der Waals surface area contributed by atoms with Crippen molar-refractivity contribution < 1.29 is 23.7 Å². The summed E-state index contributed by atoms with van der Waals surface area (Å²) in [4.78, 5) is 1.18. The summed E-state index contributed by atoms with van der Waals surface area (Å²) < 4.78 is 28.4. The van der Waals surface area contributed by atoms with Gasteiger partial charge in [-0.25, -0.2) is 0 Å². The Labute approximate surface area is 171 Å². The Morgan fingerprint density at radius 3 is 2.25 bits per heavy atom. The smallest absolute Gasteiger partial charge is 0.185 e. The molecule has 2 aromatic rings. The molecule has 6 heteroatoms. The van der Waals surface area contributed by atoms with Crippen LogP contribution in [0.4, 0.5) is 0 Å². The highest BCUT2D eigenvalue weighted by molar-refractivity contribution is 8.00. The molecule has 2 aromatic carbocycles. The van der Waals surface area contributed by atoms with Gasteiger partial charge in [-0.2, -0.15) is 0 Å². The molecule has 0 radical (unpaired) electrons. The maximum Gasteiger partial charge on any atom is 0.185 e. The molecule has 1 aliphatic heterocycles. The van der Waals surface area contributed by atoms with Gasteiger partial charge in [-0.15, -0.1) is 11.8 Å². The lowest BCUT2D eigenvalue weighted by molar-refractivity contribution is -0.162. The van der Waals surface area contributed by atoms with Crippen LogP contribution < -0.4 is 4.74 Å². The number of hydrogen-bond donors (Lipinski definition) is 0. The normalized spacial score (nSPS) is 24.4. The average Bonchev–Trinajstić information content (AvgIpc) is 3.06. The summed E-state index contributed by atoms with van der Waals surface area (Å²) in [6, 6.07) is 16.4. The van der Waals surface area contributed by atoms with E-state index in [1.807, 2.05) is 24.3 Å². The first kappa shape index (κ1) is 21.1. The third-order valence-electron chi connectivity index (χ3n) is 4.77. The zero-order valence-corrected chi connectivity index (χ0v) is 17.6. The van der Waals surface area contributed by atoms with Crippen molar-refractivity contribution in [1.29, 1.82) is 0 Å². The van der Waals surface area contributed by atoms with Crippen LogP contribution in [0.15, 0.2) is 53.4 Å². The summed E-state index contributed by atoms with van der Waals surface area (Å²) in [6.45, 7) is 3.07. The molecule has 0 aliphatic carbocycles. The number of rotatable bonds is 9. The molecular formula is C22H28O5S. The summed E-state index contributed by atoms with van der Waals surface area (Å²) in [7, 11) is 5.00. The molecular weight excluding hydrogens is 376 g/mol. The fourth-order valence-electron chi connectivity index (χ4n) is 3.19. The molecule has 1 aliphatic rings. The SMILES string of the molecule is COc1ccc(COC[C@H]2O[C@@H](OC)[C@H](OC)[C@H]2Sc2ccc(C)cc2)cc1. The molecule has 0 bridgehead atoms. The maximum atomic E-state index is 6.08. The van der Waals surface area contributed by atoms with Gasteiger partial charge in [-0.3, -0.25) is 0 Å². The molecule has 152 valence electrons. The van der Waals surface area contributed by atoms with Crippen molar-refractivity contribution in [3.8, 4) is 5.75 Å². The summed E-state index contributed by atoms with van der Waals surface area (Å²) in [5, 5.41) is 0.0773. The average molecular weight is 405 g/mol. The molecule has 5 nitrogen and oxygen atoms in total. The van der Waals surface area contributed by atoms with Gasteiger partial charge in [0.25, 0.3) is 0 Å². The quantitative estimate of drug-likeness (QED) is 0.628. The van der Waals surface area contributed by atoms with E-state index in [0.717, 1.165) is 11.3 Å². The third-order valence-corrected chi connectivity index (χ3v) is 6.16. The first-order valence-corrected chi connectivity index (χ1v) is 10.2. The Balaban J connectivity index is 1.63. The van der Waals surface area contributed by atoms with Crippen molar-refractivity contribution in [2.75, 3.05) is 27.9 Å². The molecule has 0 amide bonds. The number of hydrogen-bond acceptors (Lipinski definition) is 6. The Kier molecular flexibility index (Phi) is 7.76. The van der Waals surface area contributed by atoms with E-state index in [-0.39, 0.29) is 17.5 Å². The number of methoxy groups -OCH3 is 3. The summed E-state index contributed by atoms with van der Waals surface area (Å²) in [5.74, 6) is 0.836. The Morgan fingerprint density at radius 2 is 1.64 bits per heavy atom. The molecule has 0 saturated carbocycles. The van der Waals surface area contributed by atoms with E-state index in [1.54, 1.807) is 33.1 Å². The van der Waals surface area contributed by atoms with Gasteiger partial charge in [0.2, 0.25) is 0 Å². The first-order chi connectivity index (χ1) is 13.6. The van der Waals surface area contributed by atoms with Crippen LogP contribution in [-0.4, -0.2) is 51.7 Å². The van der Waals surface area contributed by atoms with Crippen LogP contribution in [0.5, 0.6) is 5.75 Å². The van der Waals surface area contributed by atoms with Crippen LogP contribution in [0.2, 0.25) is 0 Å². The van der Waals surface area contributed by atoms with Crippen LogP contribution in [-0.2, 0) is 25.6 Å². The van der Waals surface area contributed by atoms with Crippen LogP contribution in [0.3, 0.4) is 0 Å². The minimum absolute atomic E-state index is 0.0773. The van der Waals surface area contributed by atoms with Crippen molar-refractivity contribution in [1.82, 2.24) is 0 Å². The lowest BCUT2D eigenvalue weighted by atomic mass is 10.2. The van der Waals surface area contributed by atoms with Gasteiger partial charge in [-0.05, 0) is 36.8 Å². The zero-order valence-electron chi connectivity index (χ0n) is 16.8. The fraction of sp³-hybridized carbons (Fsp3) is 0.455. The molecule has 1 heterocycles. The molecule has 28 heavy (non-hydrogen) atoms. The molecule has 1 fully saturated rings. The highest BCUT2D eigenvalue weighted by atomic mass is 32.2. The summed E-state index contributed by atoms with van der Waals surface area (Å²) >= 11 is 1.74. The third kappa shape index (κ3) is 5.27. The standard InChI is InChI=1S/C22H28O5S/c1-15-5-11-18(12-6-15)28-21-19(27-22(25-4)20(21)24-3)14-26-13-16-7-9-17(23-2)10-8-16/h5-12,19-22H,13-14H2,1-4H3/t19-,20-,21+,22-/m1/s1. The number of aryl methyl sites for hydroxylation is 1. The second-order valence-corrected chi connectivity index (χ2v) is 7.99. The van der Waals surface area contributed by atoms with Crippen molar-refractivity contribution in [2.45, 2.75) is 42.2 Å². The van der Waals surface area contributed by atoms with E-state index < -0.39 is 6.29 Å². The van der Waals surface area contributed by atoms with Gasteiger partial charge in [0.05, 0.1) is 31.7 Å². The van der Waals surface area contributed by atoms with Crippen LogP contribution in [0.25, 0.3) is 0 Å². The van der Waals surface area contributed by atoms with Crippen molar-refractivity contribution in [3.05, 3.63) is 59.7 Å². The predicted molar refractivity (Wildman–Crippen MR) is 110 cm³/mol. The predicted octanol–water partition coefficient (Wildman–Crippen LogP) is 4.07. The molecule has 0 unspecified atom stereocenters. The topological polar surface area (TPSA) is 46.2 Å². The van der Waals surface area contributed by atoms with Gasteiger partial charge in [0, 0.05) is 19.1 Å². The van der Waals surface area contributed by atoms with Crippen LogP contribution in [0.1, 0.15) is 11.1 Å². The molecule has 0 aromatic heterocycles. The Hall–Kier alpha value is -1.57. The maximum absolute atomic E-state index is 6.08. The molecule has 1 saturated heterocycles. The lowest BCUT2D eigenvalue weighted by Gasteiger charge is -2.22. The molecule has 0 N–H and O–H groups in total. The highest BCUT2D eigenvalue weighted by Crippen LogP contribution is 2.37. The Bertz CT molecular complexity index is 719. The number of thioether (sulfide) groups is 1. The second kappa shape index (κ2) is 10.3. The lowest BCUT2D eigenvalue weighted by Crippen LogP contribution is -2.34. The van der Waals surface area contributed by atoms with Gasteiger partial charge in [0.15, 0.2) is 6.29 Å². The monoisotopic (exact) mass is 404 g/mol. The number of ether oxygens (including phenoxy) is 5. The molecule has 0 spiro atoms. The van der Waals surface area contributed by atoms with Gasteiger partial charge in [0.1, 0.15) is 11.9 Å². The molecule has 4 atom stereocenters. The largest absolute Gasteiger partial charge is 0.497 e. The van der Waals surface area contributed by atoms with Crippen LogP contribution in [0, 0.1) is 6.92 Å². The van der Waals surface area contributed by atoms with E-state index in [9.17, 15) is 0 Å². The Morgan fingerprint density at radius 1 is 0.929 bits per heavy atom. The van der Waals surface area contributed by atoms with E-state index in [1.165, 1.54) is 10.5 Å². The van der Waals surface area contributed by atoms with Crippen molar-refractivity contribution in [3.63, 3.8) is 0 Å². The van der Waals surface area contributed by atoms with E-state index >= 15 is 0 Å². The minimum atomic E-state index is -0.400. The van der Waals surface area contributed by atoms with Crippen molar-refractivity contribution >= 4 is 11.8 Å². The first-order valence-electron chi connectivity index (χ1n) is 9.29. The minimum Gasteiger partial charge on any atom is -0.497 e. The van der Waals surface area contributed by atoms with E-state index in [0.29, 0.717) is 13.2 Å². The zero-order chi connectivity index (χ0) is 19.9. The van der Waals surface area contributed by atoms with Crippen molar-refractivity contribution in [2.24, 2.45) is 0 Å². The number of benzene rings is 2. The van der Waals surface area contributed by atoms with Gasteiger partial charge >= 0.3 is 0 Å². The fourth-order valence-corrected chi connectivity index (χ4v) is 4.47. The summed E-state index contributed by atoms with van der Waals surface area (Å²) in [6.07, 6.45) is -0.687. The molecule has 3 rings (SSSR count). The second-order valence-electron chi connectivity index (χ2n) is 6.74. The van der Waals surface area contributed by atoms with E-state index in [2.05, 4.69) is 31.2 Å². The summed E-state index contributed by atoms with van der Waals surface area (Å²) in [5.41, 5.74) is 2.33.